The van der Waals surface area contributed by atoms with Gasteiger partial charge in [0.2, 0.25) is 5.91 Å². The number of nitrogens with zero attached hydrogens (tertiary/aromatic N) is 1. The van der Waals surface area contributed by atoms with E-state index in [2.05, 4.69) is 20.9 Å². The summed E-state index contributed by atoms with van der Waals surface area (Å²) in [6, 6.07) is 28.2. The molecule has 3 N–H and O–H groups in total. The van der Waals surface area contributed by atoms with Crippen molar-refractivity contribution in [2.24, 2.45) is 0 Å². The van der Waals surface area contributed by atoms with Crippen LogP contribution in [0.2, 0.25) is 10.0 Å². The maximum absolute atomic E-state index is 13.6. The van der Waals surface area contributed by atoms with Gasteiger partial charge in [0, 0.05) is 32.7 Å². The summed E-state index contributed by atoms with van der Waals surface area (Å²) < 4.78 is 5.45. The standard InChI is InChI=1S/C36H30Cl2N4O4S2/c1-3-32(35(45)42-36-41-30(21-47-36)23-16-17-27(37)28(38)18-23)48-26-14-9-13-25(20-26)39-34(44)29(19-24-12-7-8-15-31(24)46-2)40-33(43)22-10-5-4-6-11-22/h4-21,32H,3H2,1-2H3,(H,39,44)(H,40,43)(H,41,42,45)/b29-19+. The Labute approximate surface area is 296 Å². The molecule has 0 aliphatic carbocycles. The number of benzene rings is 4. The molecule has 0 fully saturated rings. The number of methoxy groups -OCH3 is 1. The maximum atomic E-state index is 13.6. The summed E-state index contributed by atoms with van der Waals surface area (Å²) in [5.41, 5.74) is 3.01. The van der Waals surface area contributed by atoms with Crippen molar-refractivity contribution in [2.75, 3.05) is 17.7 Å². The van der Waals surface area contributed by atoms with Gasteiger partial charge in [-0.2, -0.15) is 0 Å². The molecule has 1 aromatic heterocycles. The summed E-state index contributed by atoms with van der Waals surface area (Å²) in [5.74, 6) is -0.615. The van der Waals surface area contributed by atoms with E-state index in [1.807, 2.05) is 36.6 Å². The van der Waals surface area contributed by atoms with Crippen LogP contribution >= 0.6 is 46.3 Å². The van der Waals surface area contributed by atoms with Crippen LogP contribution in [-0.4, -0.2) is 35.1 Å². The number of para-hydroxylation sites is 1. The number of rotatable bonds is 12. The number of amides is 3. The number of carbonyl (C=O) groups is 3. The molecule has 244 valence electrons. The number of thiazole rings is 1. The SMILES string of the molecule is CCC(Sc1cccc(NC(=O)/C(=C\c2ccccc2OC)NC(=O)c2ccccc2)c1)C(=O)Nc1nc(-c2ccc(Cl)c(Cl)c2)cs1. The van der Waals surface area contributed by atoms with E-state index in [9.17, 15) is 14.4 Å². The van der Waals surface area contributed by atoms with E-state index in [-0.39, 0.29) is 11.6 Å². The van der Waals surface area contributed by atoms with Crippen molar-refractivity contribution in [3.63, 3.8) is 0 Å². The van der Waals surface area contributed by atoms with Gasteiger partial charge in [0.1, 0.15) is 11.4 Å². The zero-order chi connectivity index (χ0) is 34.0. The first kappa shape index (κ1) is 34.7. The topological polar surface area (TPSA) is 109 Å². The Hall–Kier alpha value is -4.61. The number of thioether (sulfide) groups is 1. The first-order chi connectivity index (χ1) is 23.2. The quantitative estimate of drug-likeness (QED) is 0.0878. The van der Waals surface area contributed by atoms with Crippen LogP contribution in [-0.2, 0) is 9.59 Å². The van der Waals surface area contributed by atoms with E-state index < -0.39 is 17.1 Å². The van der Waals surface area contributed by atoms with Crippen molar-refractivity contribution < 1.29 is 19.1 Å². The van der Waals surface area contributed by atoms with Crippen LogP contribution in [0.5, 0.6) is 5.75 Å². The van der Waals surface area contributed by atoms with Crippen LogP contribution in [0.4, 0.5) is 10.8 Å². The normalized spacial score (nSPS) is 11.8. The maximum Gasteiger partial charge on any atom is 0.272 e. The van der Waals surface area contributed by atoms with Gasteiger partial charge in [-0.05, 0) is 61.0 Å². The molecule has 3 amide bonds. The molecule has 5 rings (SSSR count). The van der Waals surface area contributed by atoms with Gasteiger partial charge in [0.05, 0.1) is 28.1 Å². The summed E-state index contributed by atoms with van der Waals surface area (Å²) in [6.45, 7) is 1.93. The van der Waals surface area contributed by atoms with Crippen LogP contribution in [0, 0.1) is 0 Å². The van der Waals surface area contributed by atoms with E-state index in [1.165, 1.54) is 30.2 Å². The molecule has 0 saturated carbocycles. The van der Waals surface area contributed by atoms with Crippen molar-refractivity contribution in [3.05, 3.63) is 129 Å². The summed E-state index contributed by atoms with van der Waals surface area (Å²) >= 11 is 14.9. The summed E-state index contributed by atoms with van der Waals surface area (Å²) in [4.78, 5) is 45.2. The molecule has 48 heavy (non-hydrogen) atoms. The van der Waals surface area contributed by atoms with Crippen molar-refractivity contribution in [1.29, 1.82) is 0 Å². The number of nitrogens with one attached hydrogen (secondary N) is 3. The second kappa shape index (κ2) is 16.5. The van der Waals surface area contributed by atoms with Crippen LogP contribution in [0.15, 0.2) is 113 Å². The lowest BCUT2D eigenvalue weighted by molar-refractivity contribution is -0.116. The highest BCUT2D eigenvalue weighted by molar-refractivity contribution is 8.00. The summed E-state index contributed by atoms with van der Waals surface area (Å²) in [5, 5.41) is 11.3. The van der Waals surface area contributed by atoms with Crippen molar-refractivity contribution in [2.45, 2.75) is 23.5 Å². The lowest BCUT2D eigenvalue weighted by Crippen LogP contribution is -2.30. The monoisotopic (exact) mass is 716 g/mol. The number of carbonyl (C=O) groups excluding carboxylic acids is 3. The molecule has 0 radical (unpaired) electrons. The van der Waals surface area contributed by atoms with E-state index in [0.717, 1.165) is 10.5 Å². The molecule has 5 aromatic rings. The fraction of sp³-hybridized carbons (Fsp3) is 0.111. The highest BCUT2D eigenvalue weighted by Crippen LogP contribution is 2.32. The van der Waals surface area contributed by atoms with Gasteiger partial charge in [-0.25, -0.2) is 4.98 Å². The number of ether oxygens (including phenoxy) is 1. The molecule has 1 atom stereocenters. The molecule has 0 bridgehead atoms. The van der Waals surface area contributed by atoms with Gasteiger partial charge >= 0.3 is 0 Å². The average Bonchev–Trinajstić information content (AvgIpc) is 3.57. The molecular formula is C36H30Cl2N4O4S2. The largest absolute Gasteiger partial charge is 0.496 e. The molecule has 4 aromatic carbocycles. The molecule has 1 unspecified atom stereocenters. The van der Waals surface area contributed by atoms with Crippen molar-refractivity contribution in [3.8, 4) is 17.0 Å². The van der Waals surface area contributed by atoms with Gasteiger partial charge in [-0.3, -0.25) is 14.4 Å². The summed E-state index contributed by atoms with van der Waals surface area (Å²) in [6.07, 6.45) is 2.12. The van der Waals surface area contributed by atoms with Crippen LogP contribution in [0.1, 0.15) is 29.3 Å². The van der Waals surface area contributed by atoms with Crippen molar-refractivity contribution >= 4 is 80.9 Å². The predicted octanol–water partition coefficient (Wildman–Crippen LogP) is 9.04. The lowest BCUT2D eigenvalue weighted by atomic mass is 10.1. The third-order valence-electron chi connectivity index (χ3n) is 6.95. The zero-order valence-corrected chi connectivity index (χ0v) is 29.0. The van der Waals surface area contributed by atoms with Crippen LogP contribution < -0.4 is 20.7 Å². The Morgan fingerprint density at radius 2 is 1.69 bits per heavy atom. The number of halogens is 2. The Morgan fingerprint density at radius 1 is 0.917 bits per heavy atom. The third-order valence-corrected chi connectivity index (χ3v) is 9.81. The van der Waals surface area contributed by atoms with Gasteiger partial charge in [-0.15, -0.1) is 23.1 Å². The minimum atomic E-state index is -0.529. The molecule has 8 nitrogen and oxygen atoms in total. The van der Waals surface area contributed by atoms with E-state index in [1.54, 1.807) is 78.9 Å². The van der Waals surface area contributed by atoms with Crippen molar-refractivity contribution in [1.82, 2.24) is 10.3 Å². The lowest BCUT2D eigenvalue weighted by Gasteiger charge is -2.15. The number of aromatic nitrogens is 1. The molecule has 12 heteroatoms. The fourth-order valence-electron chi connectivity index (χ4n) is 4.52. The van der Waals surface area contributed by atoms with Crippen LogP contribution in [0.3, 0.4) is 0 Å². The number of hydrogen-bond acceptors (Lipinski definition) is 7. The predicted molar refractivity (Wildman–Crippen MR) is 196 cm³/mol. The first-order valence-corrected chi connectivity index (χ1v) is 17.3. The Morgan fingerprint density at radius 3 is 2.44 bits per heavy atom. The molecule has 0 spiro atoms. The Bertz CT molecular complexity index is 1970. The molecular weight excluding hydrogens is 687 g/mol. The van der Waals surface area contributed by atoms with E-state index >= 15 is 0 Å². The summed E-state index contributed by atoms with van der Waals surface area (Å²) in [7, 11) is 1.54. The fourth-order valence-corrected chi connectivity index (χ4v) is 6.55. The number of anilines is 2. The van der Waals surface area contributed by atoms with E-state index in [0.29, 0.717) is 49.9 Å². The molecule has 0 aliphatic heterocycles. The molecule has 0 aliphatic rings. The highest BCUT2D eigenvalue weighted by Gasteiger charge is 2.21. The second-order valence-corrected chi connectivity index (χ2v) is 13.2. The van der Waals surface area contributed by atoms with Crippen LogP contribution in [0.25, 0.3) is 17.3 Å². The smallest absolute Gasteiger partial charge is 0.272 e. The zero-order valence-electron chi connectivity index (χ0n) is 25.8. The van der Waals surface area contributed by atoms with Gasteiger partial charge in [0.25, 0.3) is 11.8 Å². The minimum Gasteiger partial charge on any atom is -0.496 e. The highest BCUT2D eigenvalue weighted by atomic mass is 35.5. The van der Waals surface area contributed by atoms with Gasteiger partial charge < -0.3 is 20.7 Å². The van der Waals surface area contributed by atoms with Gasteiger partial charge in [-0.1, -0.05) is 78.7 Å². The molecule has 1 heterocycles. The first-order valence-electron chi connectivity index (χ1n) is 14.7. The Kier molecular flexibility index (Phi) is 11.9. The Balaban J connectivity index is 1.29. The second-order valence-electron chi connectivity index (χ2n) is 10.3. The molecule has 0 saturated heterocycles. The van der Waals surface area contributed by atoms with E-state index in [4.69, 9.17) is 27.9 Å². The average molecular weight is 718 g/mol. The van der Waals surface area contributed by atoms with Gasteiger partial charge in [0.15, 0.2) is 5.13 Å². The third kappa shape index (κ3) is 9.05. The number of hydrogen-bond donors (Lipinski definition) is 3. The minimum absolute atomic E-state index is 0.0286.